The average Bonchev–Trinajstić information content (AvgIpc) is 3.21. The lowest BCUT2D eigenvalue weighted by Gasteiger charge is -2.38. The number of ether oxygens (including phenoxy) is 5. The number of methoxy groups -OCH3 is 2. The van der Waals surface area contributed by atoms with Gasteiger partial charge in [0.25, 0.3) is 0 Å². The molecule has 0 aromatic carbocycles. The Morgan fingerprint density at radius 3 is 1.81 bits per heavy atom. The lowest BCUT2D eigenvalue weighted by molar-refractivity contribution is -0.236. The van der Waals surface area contributed by atoms with Crippen molar-refractivity contribution in [3.63, 3.8) is 0 Å². The van der Waals surface area contributed by atoms with E-state index in [1.165, 1.54) is 14.2 Å². The van der Waals surface area contributed by atoms with Crippen LogP contribution in [0.1, 0.15) is 26.7 Å². The molecule has 0 aromatic rings. The molecule has 0 radical (unpaired) electrons. The van der Waals surface area contributed by atoms with Gasteiger partial charge in [-0.05, 0) is 19.8 Å². The fourth-order valence-electron chi connectivity index (χ4n) is 4.34. The predicted octanol–water partition coefficient (Wildman–Crippen LogP) is -2.24. The topological polar surface area (TPSA) is 168 Å². The van der Waals surface area contributed by atoms with Crippen LogP contribution in [-0.2, 0) is 23.7 Å². The monoisotopic (exact) mass is 454 g/mol. The Balaban J connectivity index is 2.26. The van der Waals surface area contributed by atoms with Crippen LogP contribution in [0, 0.1) is 5.92 Å². The molecular formula is C20H38O11. The minimum atomic E-state index is -1.37. The summed E-state index contributed by atoms with van der Waals surface area (Å²) in [4.78, 5) is 0. The lowest BCUT2D eigenvalue weighted by atomic mass is 9.85. The van der Waals surface area contributed by atoms with Gasteiger partial charge in [-0.25, -0.2) is 0 Å². The summed E-state index contributed by atoms with van der Waals surface area (Å²) >= 11 is 0. The second-order valence-corrected chi connectivity index (χ2v) is 8.21. The highest BCUT2D eigenvalue weighted by Gasteiger charge is 2.49. The van der Waals surface area contributed by atoms with Crippen molar-refractivity contribution in [3.05, 3.63) is 0 Å². The van der Waals surface area contributed by atoms with Crippen LogP contribution in [0.4, 0.5) is 0 Å². The van der Waals surface area contributed by atoms with E-state index in [0.717, 1.165) is 0 Å². The zero-order valence-electron chi connectivity index (χ0n) is 18.5. The van der Waals surface area contributed by atoms with Gasteiger partial charge in [-0.3, -0.25) is 0 Å². The molecule has 0 aromatic heterocycles. The molecule has 0 spiro atoms. The fourth-order valence-corrected chi connectivity index (χ4v) is 4.34. The Labute approximate surface area is 182 Å². The van der Waals surface area contributed by atoms with Crippen molar-refractivity contribution in [1.29, 1.82) is 0 Å². The van der Waals surface area contributed by atoms with Crippen molar-refractivity contribution in [1.82, 2.24) is 0 Å². The quantitative estimate of drug-likeness (QED) is 0.189. The third kappa shape index (κ3) is 5.92. The molecule has 0 amide bonds. The maximum absolute atomic E-state index is 10.4. The van der Waals surface area contributed by atoms with Crippen molar-refractivity contribution in [3.8, 4) is 0 Å². The number of hydrogen-bond acceptors (Lipinski definition) is 11. The molecule has 184 valence electrons. The third-order valence-electron chi connectivity index (χ3n) is 6.40. The third-order valence-corrected chi connectivity index (χ3v) is 6.40. The van der Waals surface area contributed by atoms with Crippen LogP contribution in [0.15, 0.2) is 0 Å². The Morgan fingerprint density at radius 1 is 0.806 bits per heavy atom. The molecule has 11 nitrogen and oxygen atoms in total. The molecule has 2 fully saturated rings. The van der Waals surface area contributed by atoms with Crippen molar-refractivity contribution in [2.24, 2.45) is 5.92 Å². The highest BCUT2D eigenvalue weighted by Crippen LogP contribution is 2.34. The summed E-state index contributed by atoms with van der Waals surface area (Å²) in [7, 11) is 3.04. The smallest absolute Gasteiger partial charge is 0.187 e. The van der Waals surface area contributed by atoms with Gasteiger partial charge in [-0.2, -0.15) is 0 Å². The molecule has 2 saturated heterocycles. The van der Waals surface area contributed by atoms with Gasteiger partial charge in [-0.15, -0.1) is 0 Å². The van der Waals surface area contributed by atoms with Crippen molar-refractivity contribution >= 4 is 0 Å². The summed E-state index contributed by atoms with van der Waals surface area (Å²) in [6.45, 7) is 2.78. The molecule has 11 heteroatoms. The van der Waals surface area contributed by atoms with Crippen LogP contribution < -0.4 is 0 Å². The number of hydrogen-bond donors (Lipinski definition) is 6. The Bertz CT molecular complexity index is 519. The summed E-state index contributed by atoms with van der Waals surface area (Å²) in [5.41, 5.74) is 0. The summed E-state index contributed by atoms with van der Waals surface area (Å²) in [5, 5.41) is 59.6. The lowest BCUT2D eigenvalue weighted by Crippen LogP contribution is -2.48. The first-order chi connectivity index (χ1) is 14.7. The van der Waals surface area contributed by atoms with Crippen LogP contribution in [0.2, 0.25) is 0 Å². The van der Waals surface area contributed by atoms with E-state index in [9.17, 15) is 30.6 Å². The first-order valence-corrected chi connectivity index (χ1v) is 10.7. The molecule has 0 aliphatic carbocycles. The Hall–Kier alpha value is -0.440. The molecule has 2 heterocycles. The van der Waals surface area contributed by atoms with Crippen molar-refractivity contribution < 1.29 is 54.3 Å². The first kappa shape index (κ1) is 26.8. The molecule has 6 N–H and O–H groups in total. The van der Waals surface area contributed by atoms with E-state index in [4.69, 9.17) is 23.7 Å². The molecule has 12 atom stereocenters. The second-order valence-electron chi connectivity index (χ2n) is 8.21. The zero-order valence-corrected chi connectivity index (χ0v) is 18.5. The normalized spacial score (nSPS) is 40.1. The van der Waals surface area contributed by atoms with E-state index in [2.05, 4.69) is 0 Å². The minimum absolute atomic E-state index is 0.197. The fraction of sp³-hybridized carbons (Fsp3) is 1.00. The molecule has 2 rings (SSSR count). The van der Waals surface area contributed by atoms with Gasteiger partial charge >= 0.3 is 0 Å². The maximum atomic E-state index is 10.4. The molecule has 8 unspecified atom stereocenters. The highest BCUT2D eigenvalue weighted by molar-refractivity contribution is 4.95. The van der Waals surface area contributed by atoms with Gasteiger partial charge in [0.2, 0.25) is 0 Å². The SMILES string of the molecule is CC[C@@H](OC)C(OC1OC(CO)C(O)[C@H]1O)C(CC1OC(CO)C(O)[C@H]1O)[C@@H](C)OC. The van der Waals surface area contributed by atoms with Crippen LogP contribution in [0.3, 0.4) is 0 Å². The van der Waals surface area contributed by atoms with Gasteiger partial charge in [-0.1, -0.05) is 6.92 Å². The van der Waals surface area contributed by atoms with Gasteiger partial charge < -0.3 is 54.3 Å². The Kier molecular flexibility index (Phi) is 10.5. The van der Waals surface area contributed by atoms with Gasteiger partial charge in [0.15, 0.2) is 6.29 Å². The number of aliphatic hydroxyl groups excluding tert-OH is 6. The summed E-state index contributed by atoms with van der Waals surface area (Å²) < 4.78 is 28.3. The van der Waals surface area contributed by atoms with E-state index in [0.29, 0.717) is 6.42 Å². The zero-order chi connectivity index (χ0) is 23.3. The average molecular weight is 455 g/mol. The summed E-state index contributed by atoms with van der Waals surface area (Å²) in [5.74, 6) is -0.444. The van der Waals surface area contributed by atoms with E-state index >= 15 is 0 Å². The van der Waals surface area contributed by atoms with E-state index in [1.807, 2.05) is 13.8 Å². The second kappa shape index (κ2) is 12.1. The maximum Gasteiger partial charge on any atom is 0.187 e. The molecule has 2 aliphatic rings. The number of aliphatic hydroxyl groups is 6. The highest BCUT2D eigenvalue weighted by atomic mass is 16.7. The van der Waals surface area contributed by atoms with Crippen LogP contribution in [0.5, 0.6) is 0 Å². The molecule has 0 bridgehead atoms. The molecule has 2 aliphatic heterocycles. The number of rotatable bonds is 12. The largest absolute Gasteiger partial charge is 0.394 e. The first-order valence-electron chi connectivity index (χ1n) is 10.7. The van der Waals surface area contributed by atoms with Crippen molar-refractivity contribution in [2.75, 3.05) is 27.4 Å². The minimum Gasteiger partial charge on any atom is -0.394 e. The van der Waals surface area contributed by atoms with Crippen LogP contribution in [0.25, 0.3) is 0 Å². The van der Waals surface area contributed by atoms with Crippen LogP contribution >= 0.6 is 0 Å². The molecule has 31 heavy (non-hydrogen) atoms. The standard InChI is InChI=1S/C20H38O11/c1-5-11(28-4)19(31-20-18(26)17(25)14(8-22)30-20)10(9(2)27-3)6-12-15(23)16(24)13(7-21)29-12/h9-26H,5-8H2,1-4H3/t9-,10?,11-,12?,13?,14?,15+,16?,17?,18-,19?,20?/m1/s1. The Morgan fingerprint density at radius 2 is 1.35 bits per heavy atom. The van der Waals surface area contributed by atoms with Gasteiger partial charge in [0, 0.05) is 20.1 Å². The van der Waals surface area contributed by atoms with Gasteiger partial charge in [0.1, 0.15) is 36.6 Å². The summed E-state index contributed by atoms with van der Waals surface area (Å²) in [6.07, 6.45) is -9.84. The predicted molar refractivity (Wildman–Crippen MR) is 106 cm³/mol. The summed E-state index contributed by atoms with van der Waals surface area (Å²) in [6, 6.07) is 0. The van der Waals surface area contributed by atoms with E-state index in [-0.39, 0.29) is 6.42 Å². The van der Waals surface area contributed by atoms with E-state index in [1.54, 1.807) is 0 Å². The molecular weight excluding hydrogens is 416 g/mol. The van der Waals surface area contributed by atoms with E-state index < -0.39 is 86.5 Å². The molecule has 0 saturated carbocycles. The van der Waals surface area contributed by atoms with Crippen molar-refractivity contribution in [2.45, 2.75) is 94.0 Å². The van der Waals surface area contributed by atoms with Crippen LogP contribution in [-0.4, -0.2) is 125 Å². The van der Waals surface area contributed by atoms with Gasteiger partial charge in [0.05, 0.1) is 37.6 Å².